The molecule has 0 radical (unpaired) electrons. The van der Waals surface area contributed by atoms with Crippen LogP contribution in [0.25, 0.3) is 0 Å². The van der Waals surface area contributed by atoms with Gasteiger partial charge < -0.3 is 10.1 Å². The van der Waals surface area contributed by atoms with Crippen molar-refractivity contribution in [2.24, 2.45) is 0 Å². The highest BCUT2D eigenvalue weighted by atomic mass is 19.1. The van der Waals surface area contributed by atoms with Crippen LogP contribution in [0, 0.1) is 19.7 Å². The Morgan fingerprint density at radius 3 is 2.39 bits per heavy atom. The lowest BCUT2D eigenvalue weighted by molar-refractivity contribution is -0.127. The smallest absolute Gasteiger partial charge is 0.261 e. The van der Waals surface area contributed by atoms with Gasteiger partial charge in [-0.05, 0) is 63.1 Å². The second-order valence-corrected chi connectivity index (χ2v) is 5.80. The van der Waals surface area contributed by atoms with Crippen molar-refractivity contribution in [3.05, 3.63) is 65.0 Å². The van der Waals surface area contributed by atoms with Crippen molar-refractivity contribution in [3.8, 4) is 5.75 Å². The molecule has 122 valence electrons. The number of hydrogen-bond acceptors (Lipinski definition) is 2. The largest absolute Gasteiger partial charge is 0.481 e. The van der Waals surface area contributed by atoms with Gasteiger partial charge in [0.15, 0.2) is 6.10 Å². The van der Waals surface area contributed by atoms with Crippen molar-refractivity contribution < 1.29 is 13.9 Å². The fourth-order valence-electron chi connectivity index (χ4n) is 2.41. The summed E-state index contributed by atoms with van der Waals surface area (Å²) in [5.74, 6) is -0.0748. The van der Waals surface area contributed by atoms with Crippen molar-refractivity contribution in [1.29, 1.82) is 0 Å². The number of aryl methyl sites for hydroxylation is 2. The number of amides is 1. The van der Waals surface area contributed by atoms with Crippen LogP contribution in [0.5, 0.6) is 5.75 Å². The number of carbonyl (C=O) groups is 1. The molecule has 4 heteroatoms. The van der Waals surface area contributed by atoms with Crippen LogP contribution in [0.4, 0.5) is 4.39 Å². The predicted molar refractivity (Wildman–Crippen MR) is 89.0 cm³/mol. The summed E-state index contributed by atoms with van der Waals surface area (Å²) in [6.45, 7) is 7.67. The van der Waals surface area contributed by atoms with Crippen LogP contribution in [-0.2, 0) is 4.79 Å². The van der Waals surface area contributed by atoms with Gasteiger partial charge in [-0.25, -0.2) is 4.39 Å². The lowest BCUT2D eigenvalue weighted by atomic mass is 10.00. The predicted octanol–water partition coefficient (Wildman–Crippen LogP) is 4.09. The standard InChI is InChI=1S/C19H22FNO2/c1-12-5-6-13(2)18(11-12)14(3)21-19(22)15(4)23-17-9-7-16(20)8-10-17/h5-11,14-15H,1-4H3,(H,21,22)/t14-,15-/m1/s1. The SMILES string of the molecule is Cc1ccc(C)c([C@@H](C)NC(=O)[C@@H](C)Oc2ccc(F)cc2)c1. The van der Waals surface area contributed by atoms with E-state index in [9.17, 15) is 9.18 Å². The Hall–Kier alpha value is -2.36. The molecule has 1 N–H and O–H groups in total. The van der Waals surface area contributed by atoms with Crippen LogP contribution in [0.2, 0.25) is 0 Å². The van der Waals surface area contributed by atoms with Crippen LogP contribution in [0.1, 0.15) is 36.6 Å². The van der Waals surface area contributed by atoms with Gasteiger partial charge in [0.25, 0.3) is 5.91 Å². The minimum absolute atomic E-state index is 0.110. The van der Waals surface area contributed by atoms with Crippen LogP contribution in [-0.4, -0.2) is 12.0 Å². The summed E-state index contributed by atoms with van der Waals surface area (Å²) >= 11 is 0. The normalized spacial score (nSPS) is 13.3. The molecule has 2 atom stereocenters. The van der Waals surface area contributed by atoms with Crippen molar-refractivity contribution >= 4 is 5.91 Å². The van der Waals surface area contributed by atoms with Gasteiger partial charge >= 0.3 is 0 Å². The van der Waals surface area contributed by atoms with E-state index < -0.39 is 6.10 Å². The Balaban J connectivity index is 2.00. The van der Waals surface area contributed by atoms with Gasteiger partial charge in [0.2, 0.25) is 0 Å². The van der Waals surface area contributed by atoms with Gasteiger partial charge in [0.1, 0.15) is 11.6 Å². The molecule has 0 aromatic heterocycles. The van der Waals surface area contributed by atoms with Crippen molar-refractivity contribution in [2.75, 3.05) is 0 Å². The first-order valence-corrected chi connectivity index (χ1v) is 7.66. The highest BCUT2D eigenvalue weighted by molar-refractivity contribution is 5.81. The van der Waals surface area contributed by atoms with Crippen LogP contribution in [0.15, 0.2) is 42.5 Å². The molecule has 0 spiro atoms. The van der Waals surface area contributed by atoms with Crippen molar-refractivity contribution in [2.45, 2.75) is 39.8 Å². The minimum atomic E-state index is -0.659. The third kappa shape index (κ3) is 4.55. The highest BCUT2D eigenvalue weighted by Crippen LogP contribution is 2.19. The molecule has 3 nitrogen and oxygen atoms in total. The van der Waals surface area contributed by atoms with E-state index in [1.807, 2.05) is 32.9 Å². The molecular weight excluding hydrogens is 293 g/mol. The van der Waals surface area contributed by atoms with Gasteiger partial charge in [-0.3, -0.25) is 4.79 Å². The molecule has 0 saturated carbocycles. The van der Waals surface area contributed by atoms with E-state index in [2.05, 4.69) is 11.4 Å². The van der Waals surface area contributed by atoms with E-state index in [0.29, 0.717) is 5.75 Å². The second-order valence-electron chi connectivity index (χ2n) is 5.80. The van der Waals surface area contributed by atoms with Crippen molar-refractivity contribution in [1.82, 2.24) is 5.32 Å². The van der Waals surface area contributed by atoms with Crippen molar-refractivity contribution in [3.63, 3.8) is 0 Å². The molecular formula is C19H22FNO2. The van der Waals surface area contributed by atoms with Gasteiger partial charge in [0.05, 0.1) is 6.04 Å². The monoisotopic (exact) mass is 315 g/mol. The van der Waals surface area contributed by atoms with Gasteiger partial charge in [-0.1, -0.05) is 23.8 Å². The van der Waals surface area contributed by atoms with E-state index >= 15 is 0 Å². The molecule has 0 aliphatic rings. The first kappa shape index (κ1) is 17.0. The van der Waals surface area contributed by atoms with Crippen LogP contribution < -0.4 is 10.1 Å². The van der Waals surface area contributed by atoms with E-state index in [1.54, 1.807) is 6.92 Å². The van der Waals surface area contributed by atoms with E-state index in [0.717, 1.165) is 16.7 Å². The quantitative estimate of drug-likeness (QED) is 0.902. The number of benzene rings is 2. The van der Waals surface area contributed by atoms with Gasteiger partial charge in [-0.2, -0.15) is 0 Å². The molecule has 0 heterocycles. The summed E-state index contributed by atoms with van der Waals surface area (Å²) < 4.78 is 18.4. The first-order valence-electron chi connectivity index (χ1n) is 7.66. The number of nitrogens with one attached hydrogen (secondary N) is 1. The maximum atomic E-state index is 12.9. The van der Waals surface area contributed by atoms with Gasteiger partial charge in [-0.15, -0.1) is 0 Å². The molecule has 23 heavy (non-hydrogen) atoms. The summed E-state index contributed by atoms with van der Waals surface area (Å²) in [7, 11) is 0. The van der Waals surface area contributed by atoms with Crippen LogP contribution >= 0.6 is 0 Å². The summed E-state index contributed by atoms with van der Waals surface area (Å²) in [5, 5.41) is 2.96. The lowest BCUT2D eigenvalue weighted by Crippen LogP contribution is -2.38. The summed E-state index contributed by atoms with van der Waals surface area (Å²) in [6, 6.07) is 11.7. The molecule has 0 bridgehead atoms. The number of hydrogen-bond donors (Lipinski definition) is 1. The molecule has 2 aromatic rings. The summed E-state index contributed by atoms with van der Waals surface area (Å²) in [6.07, 6.45) is -0.659. The summed E-state index contributed by atoms with van der Waals surface area (Å²) in [4.78, 5) is 12.3. The Morgan fingerprint density at radius 2 is 1.74 bits per heavy atom. The molecule has 1 amide bonds. The zero-order valence-corrected chi connectivity index (χ0v) is 13.9. The van der Waals surface area contributed by atoms with E-state index in [1.165, 1.54) is 24.3 Å². The number of ether oxygens (including phenoxy) is 1. The Kier molecular flexibility index (Phi) is 5.37. The number of rotatable bonds is 5. The molecule has 2 aromatic carbocycles. The molecule has 0 unspecified atom stereocenters. The molecule has 0 aliphatic heterocycles. The first-order chi connectivity index (χ1) is 10.9. The zero-order valence-electron chi connectivity index (χ0n) is 13.9. The summed E-state index contributed by atoms with van der Waals surface area (Å²) in [5.41, 5.74) is 3.38. The number of carbonyl (C=O) groups excluding carboxylic acids is 1. The molecule has 0 aliphatic carbocycles. The van der Waals surface area contributed by atoms with E-state index in [-0.39, 0.29) is 17.8 Å². The molecule has 0 saturated heterocycles. The third-order valence-electron chi connectivity index (χ3n) is 3.76. The highest BCUT2D eigenvalue weighted by Gasteiger charge is 2.18. The fourth-order valence-corrected chi connectivity index (χ4v) is 2.41. The van der Waals surface area contributed by atoms with Gasteiger partial charge in [0, 0.05) is 0 Å². The molecule has 2 rings (SSSR count). The maximum absolute atomic E-state index is 12.9. The Bertz CT molecular complexity index is 682. The Labute approximate surface area is 136 Å². The topological polar surface area (TPSA) is 38.3 Å². The second kappa shape index (κ2) is 7.27. The average Bonchev–Trinajstić information content (AvgIpc) is 2.51. The molecule has 0 fully saturated rings. The fraction of sp³-hybridized carbons (Fsp3) is 0.316. The lowest BCUT2D eigenvalue weighted by Gasteiger charge is -2.20. The number of halogens is 1. The van der Waals surface area contributed by atoms with E-state index in [4.69, 9.17) is 4.74 Å². The minimum Gasteiger partial charge on any atom is -0.481 e. The Morgan fingerprint density at radius 1 is 1.09 bits per heavy atom. The third-order valence-corrected chi connectivity index (χ3v) is 3.76. The average molecular weight is 315 g/mol. The zero-order chi connectivity index (χ0) is 17.0. The maximum Gasteiger partial charge on any atom is 0.261 e. The van der Waals surface area contributed by atoms with Crippen LogP contribution in [0.3, 0.4) is 0 Å².